The molecule has 1 aromatic heterocycles. The molecule has 0 bridgehead atoms. The highest BCUT2D eigenvalue weighted by Crippen LogP contribution is 2.24. The minimum absolute atomic E-state index is 0.0387. The number of amides is 1. The van der Waals surface area contributed by atoms with Gasteiger partial charge in [0.25, 0.3) is 0 Å². The summed E-state index contributed by atoms with van der Waals surface area (Å²) in [6.07, 6.45) is 0.740. The largest absolute Gasteiger partial charge is 0.356 e. The zero-order chi connectivity index (χ0) is 20.8. The predicted molar refractivity (Wildman–Crippen MR) is 115 cm³/mol. The number of aromatic nitrogens is 3. The average molecular weight is 409 g/mol. The number of thioether (sulfide) groups is 1. The molecule has 0 radical (unpaired) electrons. The van der Waals surface area contributed by atoms with Gasteiger partial charge in [-0.15, -0.1) is 10.2 Å². The van der Waals surface area contributed by atoms with E-state index in [2.05, 4.69) is 21.6 Å². The van der Waals surface area contributed by atoms with Gasteiger partial charge in [-0.3, -0.25) is 9.59 Å². The van der Waals surface area contributed by atoms with E-state index < -0.39 is 0 Å². The first-order chi connectivity index (χ1) is 13.9. The van der Waals surface area contributed by atoms with Gasteiger partial charge in [0.05, 0.1) is 5.75 Å². The second-order valence-corrected chi connectivity index (χ2v) is 7.82. The molecule has 0 saturated carbocycles. The summed E-state index contributed by atoms with van der Waals surface area (Å²) in [4.78, 5) is 23.4. The van der Waals surface area contributed by atoms with Gasteiger partial charge in [-0.1, -0.05) is 59.8 Å². The van der Waals surface area contributed by atoms with E-state index in [9.17, 15) is 9.59 Å². The van der Waals surface area contributed by atoms with E-state index >= 15 is 0 Å². The van der Waals surface area contributed by atoms with E-state index in [0.717, 1.165) is 28.9 Å². The quantitative estimate of drug-likeness (QED) is 0.456. The third-order valence-corrected chi connectivity index (χ3v) is 5.53. The maximum Gasteiger partial charge on any atom is 0.216 e. The Morgan fingerprint density at radius 2 is 1.86 bits per heavy atom. The number of rotatable bonds is 8. The van der Waals surface area contributed by atoms with E-state index in [0.29, 0.717) is 23.0 Å². The van der Waals surface area contributed by atoms with E-state index in [-0.39, 0.29) is 11.7 Å². The average Bonchev–Trinajstić information content (AvgIpc) is 3.07. The van der Waals surface area contributed by atoms with Gasteiger partial charge in [-0.25, -0.2) is 0 Å². The molecule has 150 valence electrons. The number of hydrogen-bond acceptors (Lipinski definition) is 5. The molecule has 0 aliphatic carbocycles. The van der Waals surface area contributed by atoms with Crippen LogP contribution in [0.15, 0.2) is 53.7 Å². The van der Waals surface area contributed by atoms with Crippen LogP contribution in [0, 0.1) is 6.92 Å². The molecule has 3 rings (SSSR count). The summed E-state index contributed by atoms with van der Waals surface area (Å²) in [7, 11) is 1.91. The van der Waals surface area contributed by atoms with Crippen molar-refractivity contribution in [2.75, 3.05) is 12.3 Å². The smallest absolute Gasteiger partial charge is 0.216 e. The lowest BCUT2D eigenvalue weighted by molar-refractivity contribution is -0.118. The van der Waals surface area contributed by atoms with Gasteiger partial charge in [0, 0.05) is 31.6 Å². The van der Waals surface area contributed by atoms with Crippen LogP contribution in [-0.4, -0.2) is 38.8 Å². The fourth-order valence-corrected chi connectivity index (χ4v) is 3.74. The molecule has 0 atom stereocenters. The number of hydrogen-bond donors (Lipinski definition) is 1. The van der Waals surface area contributed by atoms with E-state index in [4.69, 9.17) is 0 Å². The highest BCUT2D eigenvalue weighted by molar-refractivity contribution is 7.99. The Morgan fingerprint density at radius 1 is 1.10 bits per heavy atom. The molecular weight excluding hydrogens is 384 g/mol. The van der Waals surface area contributed by atoms with Crippen molar-refractivity contribution in [2.24, 2.45) is 7.05 Å². The molecule has 0 spiro atoms. The van der Waals surface area contributed by atoms with Crippen LogP contribution < -0.4 is 5.32 Å². The molecule has 1 heterocycles. The molecule has 29 heavy (non-hydrogen) atoms. The van der Waals surface area contributed by atoms with Gasteiger partial charge < -0.3 is 9.88 Å². The van der Waals surface area contributed by atoms with Crippen LogP contribution in [0.2, 0.25) is 0 Å². The fraction of sp³-hybridized carbons (Fsp3) is 0.273. The summed E-state index contributed by atoms with van der Waals surface area (Å²) < 4.78 is 1.91. The molecular formula is C22H24N4O2S. The van der Waals surface area contributed by atoms with Gasteiger partial charge >= 0.3 is 0 Å². The topological polar surface area (TPSA) is 76.9 Å². The minimum Gasteiger partial charge on any atom is -0.356 e. The van der Waals surface area contributed by atoms with E-state index in [1.165, 1.54) is 18.7 Å². The van der Waals surface area contributed by atoms with E-state index in [1.54, 1.807) is 0 Å². The molecule has 0 unspecified atom stereocenters. The first-order valence-electron chi connectivity index (χ1n) is 9.40. The summed E-state index contributed by atoms with van der Waals surface area (Å²) >= 11 is 1.38. The number of nitrogens with one attached hydrogen (secondary N) is 1. The summed E-state index contributed by atoms with van der Waals surface area (Å²) in [6.45, 7) is 4.13. The number of carbonyl (C=O) groups is 2. The normalized spacial score (nSPS) is 10.7. The first kappa shape index (κ1) is 20.8. The van der Waals surface area contributed by atoms with E-state index in [1.807, 2.05) is 61.0 Å². The summed E-state index contributed by atoms with van der Waals surface area (Å²) in [6, 6.07) is 15.6. The molecule has 2 aromatic carbocycles. The highest BCUT2D eigenvalue weighted by atomic mass is 32.2. The second-order valence-electron chi connectivity index (χ2n) is 6.88. The van der Waals surface area contributed by atoms with Crippen molar-refractivity contribution in [1.29, 1.82) is 0 Å². The van der Waals surface area contributed by atoms with Crippen LogP contribution in [-0.2, 0) is 18.3 Å². The standard InChI is InChI=1S/C22H24N4O2S/c1-15-5-4-6-19(13-15)21-24-25-22(26(21)3)29-14-20(28)18-9-7-17(8-10-18)11-12-23-16(2)27/h4-10,13H,11-12,14H2,1-3H3,(H,23,27). The number of nitrogens with zero attached hydrogens (tertiary/aromatic N) is 3. The fourth-order valence-electron chi connectivity index (χ4n) is 2.93. The number of Topliss-reactive ketones (excluding diaryl/α,β-unsaturated/α-hetero) is 1. The molecule has 0 fully saturated rings. The molecule has 6 nitrogen and oxygen atoms in total. The Kier molecular flexibility index (Phi) is 6.82. The third-order valence-electron chi connectivity index (χ3n) is 4.51. The molecule has 3 aromatic rings. The van der Waals surface area contributed by atoms with Gasteiger partial charge in [0.2, 0.25) is 5.91 Å². The minimum atomic E-state index is -0.0387. The van der Waals surface area contributed by atoms with Gasteiger partial charge in [0.1, 0.15) is 0 Å². The number of aryl methyl sites for hydroxylation is 1. The molecule has 0 saturated heterocycles. The second kappa shape index (κ2) is 9.52. The number of ketones is 1. The van der Waals surface area contributed by atoms with Crippen molar-refractivity contribution in [2.45, 2.75) is 25.4 Å². The van der Waals surface area contributed by atoms with Crippen LogP contribution in [0.3, 0.4) is 0 Å². The lowest BCUT2D eigenvalue weighted by Crippen LogP contribution is -2.22. The lowest BCUT2D eigenvalue weighted by Gasteiger charge is -2.06. The highest BCUT2D eigenvalue weighted by Gasteiger charge is 2.14. The lowest BCUT2D eigenvalue weighted by atomic mass is 10.1. The SMILES string of the molecule is CC(=O)NCCc1ccc(C(=O)CSc2nnc(-c3cccc(C)c3)n2C)cc1. The van der Waals surface area contributed by atoms with Crippen molar-refractivity contribution in [3.63, 3.8) is 0 Å². The predicted octanol–water partition coefficient (Wildman–Crippen LogP) is 3.44. The van der Waals surface area contributed by atoms with Crippen LogP contribution in [0.25, 0.3) is 11.4 Å². The Balaban J connectivity index is 1.59. The molecule has 0 aliphatic rings. The molecule has 1 N–H and O–H groups in total. The Morgan fingerprint density at radius 3 is 2.55 bits per heavy atom. The van der Waals surface area contributed by atoms with Crippen LogP contribution in [0.4, 0.5) is 0 Å². The van der Waals surface area contributed by atoms with Gasteiger partial charge in [-0.05, 0) is 25.0 Å². The van der Waals surface area contributed by atoms with Crippen molar-refractivity contribution < 1.29 is 9.59 Å². The van der Waals surface area contributed by atoms with Crippen LogP contribution in [0.1, 0.15) is 28.4 Å². The Bertz CT molecular complexity index is 1010. The van der Waals surface area contributed by atoms with Crippen molar-refractivity contribution in [3.05, 3.63) is 65.2 Å². The zero-order valence-corrected chi connectivity index (χ0v) is 17.6. The maximum atomic E-state index is 12.5. The first-order valence-corrected chi connectivity index (χ1v) is 10.4. The summed E-state index contributed by atoms with van der Waals surface area (Å²) in [5.41, 5.74) is 3.92. The summed E-state index contributed by atoms with van der Waals surface area (Å²) in [5.74, 6) is 1.09. The Hall–Kier alpha value is -2.93. The Labute approximate surface area is 174 Å². The third kappa shape index (κ3) is 5.54. The maximum absolute atomic E-state index is 12.5. The van der Waals surface area contributed by atoms with Crippen molar-refractivity contribution >= 4 is 23.5 Å². The monoisotopic (exact) mass is 408 g/mol. The molecule has 1 amide bonds. The van der Waals surface area contributed by atoms with Crippen LogP contribution in [0.5, 0.6) is 0 Å². The number of carbonyl (C=O) groups excluding carboxylic acids is 2. The van der Waals surface area contributed by atoms with Gasteiger partial charge in [-0.2, -0.15) is 0 Å². The summed E-state index contributed by atoms with van der Waals surface area (Å²) in [5, 5.41) is 12.0. The molecule has 7 heteroatoms. The van der Waals surface area contributed by atoms with Gasteiger partial charge in [0.15, 0.2) is 16.8 Å². The van der Waals surface area contributed by atoms with Crippen molar-refractivity contribution in [3.8, 4) is 11.4 Å². The molecule has 0 aliphatic heterocycles. The van der Waals surface area contributed by atoms with Crippen LogP contribution >= 0.6 is 11.8 Å². The zero-order valence-electron chi connectivity index (χ0n) is 16.8. The number of benzene rings is 2. The van der Waals surface area contributed by atoms with Crippen molar-refractivity contribution in [1.82, 2.24) is 20.1 Å².